The summed E-state index contributed by atoms with van der Waals surface area (Å²) in [5.74, 6) is 0. The van der Waals surface area contributed by atoms with Crippen LogP contribution in [0.1, 0.15) is 18.1 Å². The van der Waals surface area contributed by atoms with Gasteiger partial charge in [-0.15, -0.1) is 0 Å². The van der Waals surface area contributed by atoms with Crippen LogP contribution < -0.4 is 10.5 Å². The number of nitrogens with one attached hydrogen (secondary N) is 2. The van der Waals surface area contributed by atoms with Crippen LogP contribution in [0.5, 0.6) is 0 Å². The number of anilines is 1. The smallest absolute Gasteiger partial charge is 0.240 e. The van der Waals surface area contributed by atoms with Gasteiger partial charge in [-0.2, -0.15) is 5.10 Å². The molecule has 0 radical (unpaired) electrons. The maximum absolute atomic E-state index is 12.1. The Balaban J connectivity index is 2.17. The number of aromatic amines is 1. The Kier molecular flexibility index (Phi) is 3.87. The zero-order valence-electron chi connectivity index (χ0n) is 10.6. The van der Waals surface area contributed by atoms with Crippen molar-refractivity contribution in [2.75, 3.05) is 5.73 Å². The molecule has 0 saturated heterocycles. The van der Waals surface area contributed by atoms with Crippen molar-refractivity contribution in [2.24, 2.45) is 0 Å². The van der Waals surface area contributed by atoms with Gasteiger partial charge < -0.3 is 5.73 Å². The van der Waals surface area contributed by atoms with Gasteiger partial charge in [0.2, 0.25) is 10.0 Å². The molecule has 1 aromatic carbocycles. The first kappa shape index (κ1) is 13.6. The Bertz CT molecular complexity index is 650. The molecule has 0 unspecified atom stereocenters. The van der Waals surface area contributed by atoms with Crippen molar-refractivity contribution in [1.29, 1.82) is 0 Å². The molecule has 0 spiro atoms. The normalized spacial score (nSPS) is 11.6. The van der Waals surface area contributed by atoms with Crippen molar-refractivity contribution in [3.05, 3.63) is 41.7 Å². The number of sulfonamides is 1. The third-order valence-electron chi connectivity index (χ3n) is 2.83. The number of H-pyrrole nitrogens is 1. The van der Waals surface area contributed by atoms with Gasteiger partial charge in [-0.3, -0.25) is 5.10 Å². The van der Waals surface area contributed by atoms with Crippen molar-refractivity contribution in [1.82, 2.24) is 14.9 Å². The molecule has 0 bridgehead atoms. The second-order valence-corrected chi connectivity index (χ2v) is 5.91. The fourth-order valence-corrected chi connectivity index (χ4v) is 2.75. The van der Waals surface area contributed by atoms with E-state index in [0.29, 0.717) is 5.69 Å². The first-order valence-corrected chi connectivity index (χ1v) is 7.37. The molecule has 102 valence electrons. The molecule has 2 rings (SSSR count). The molecule has 7 heteroatoms. The Morgan fingerprint density at radius 1 is 1.42 bits per heavy atom. The van der Waals surface area contributed by atoms with Gasteiger partial charge in [0.25, 0.3) is 0 Å². The van der Waals surface area contributed by atoms with Crippen LogP contribution in [0.4, 0.5) is 5.69 Å². The van der Waals surface area contributed by atoms with Crippen molar-refractivity contribution in [3.8, 4) is 0 Å². The number of hydrogen-bond donors (Lipinski definition) is 3. The van der Waals surface area contributed by atoms with E-state index in [4.69, 9.17) is 5.73 Å². The number of hydrogen-bond acceptors (Lipinski definition) is 4. The number of aromatic nitrogens is 2. The van der Waals surface area contributed by atoms with Crippen LogP contribution in [-0.4, -0.2) is 18.6 Å². The number of nitrogens with zero attached hydrogens (tertiary/aromatic N) is 1. The summed E-state index contributed by atoms with van der Waals surface area (Å²) in [7, 11) is -3.56. The zero-order valence-corrected chi connectivity index (χ0v) is 11.4. The van der Waals surface area contributed by atoms with E-state index in [2.05, 4.69) is 14.9 Å². The SMILES string of the molecule is CCc1ccc(S(=O)(=O)NCc2cn[nH]c2)cc1N. The third kappa shape index (κ3) is 3.12. The topological polar surface area (TPSA) is 101 Å². The van der Waals surface area contributed by atoms with Crippen molar-refractivity contribution in [2.45, 2.75) is 24.8 Å². The molecule has 1 heterocycles. The first-order valence-electron chi connectivity index (χ1n) is 5.88. The maximum Gasteiger partial charge on any atom is 0.240 e. The third-order valence-corrected chi connectivity index (χ3v) is 4.23. The van der Waals surface area contributed by atoms with Crippen LogP contribution in [-0.2, 0) is 23.0 Å². The van der Waals surface area contributed by atoms with Gasteiger partial charge in [0.1, 0.15) is 0 Å². The summed E-state index contributed by atoms with van der Waals surface area (Å²) < 4.78 is 26.7. The van der Waals surface area contributed by atoms with E-state index in [9.17, 15) is 8.42 Å². The van der Waals surface area contributed by atoms with Crippen molar-refractivity contribution < 1.29 is 8.42 Å². The highest BCUT2D eigenvalue weighted by Crippen LogP contribution is 2.18. The van der Waals surface area contributed by atoms with Crippen LogP contribution in [0.3, 0.4) is 0 Å². The molecule has 0 aliphatic rings. The molecular weight excluding hydrogens is 264 g/mol. The number of benzene rings is 1. The minimum absolute atomic E-state index is 0.172. The lowest BCUT2D eigenvalue weighted by molar-refractivity contribution is 0.581. The highest BCUT2D eigenvalue weighted by Gasteiger charge is 2.15. The Morgan fingerprint density at radius 3 is 2.79 bits per heavy atom. The Hall–Kier alpha value is -1.86. The zero-order chi connectivity index (χ0) is 13.9. The van der Waals surface area contributed by atoms with Gasteiger partial charge in [-0.1, -0.05) is 13.0 Å². The number of nitrogens with two attached hydrogens (primary N) is 1. The molecule has 0 aliphatic heterocycles. The fraction of sp³-hybridized carbons (Fsp3) is 0.250. The Morgan fingerprint density at radius 2 is 2.21 bits per heavy atom. The van der Waals surface area contributed by atoms with Crippen LogP contribution in [0.25, 0.3) is 0 Å². The molecule has 0 aliphatic carbocycles. The molecular formula is C12H16N4O2S. The summed E-state index contributed by atoms with van der Waals surface area (Å²) in [5.41, 5.74) is 8.01. The molecule has 0 fully saturated rings. The second kappa shape index (κ2) is 5.41. The molecule has 1 aromatic heterocycles. The summed E-state index contributed by atoms with van der Waals surface area (Å²) in [6, 6.07) is 4.78. The minimum atomic E-state index is -3.56. The molecule has 4 N–H and O–H groups in total. The number of rotatable bonds is 5. The predicted molar refractivity (Wildman–Crippen MR) is 72.8 cm³/mol. The number of aryl methyl sites for hydroxylation is 1. The van der Waals surface area contributed by atoms with Gasteiger partial charge in [0, 0.05) is 24.0 Å². The molecule has 2 aromatic rings. The van der Waals surface area contributed by atoms with E-state index in [1.165, 1.54) is 6.07 Å². The summed E-state index contributed by atoms with van der Waals surface area (Å²) >= 11 is 0. The average molecular weight is 280 g/mol. The summed E-state index contributed by atoms with van der Waals surface area (Å²) in [4.78, 5) is 0.172. The van der Waals surface area contributed by atoms with Crippen molar-refractivity contribution >= 4 is 15.7 Å². The highest BCUT2D eigenvalue weighted by molar-refractivity contribution is 7.89. The van der Waals surface area contributed by atoms with E-state index in [1.807, 2.05) is 6.92 Å². The van der Waals surface area contributed by atoms with Gasteiger partial charge in [0.15, 0.2) is 0 Å². The van der Waals surface area contributed by atoms with E-state index in [-0.39, 0.29) is 11.4 Å². The van der Waals surface area contributed by atoms with Crippen LogP contribution in [0.15, 0.2) is 35.5 Å². The monoisotopic (exact) mass is 280 g/mol. The average Bonchev–Trinajstić information content (AvgIpc) is 2.89. The van der Waals surface area contributed by atoms with Crippen LogP contribution in [0, 0.1) is 0 Å². The first-order chi connectivity index (χ1) is 9.03. The highest BCUT2D eigenvalue weighted by atomic mass is 32.2. The summed E-state index contributed by atoms with van der Waals surface area (Å²) in [6.45, 7) is 2.16. The summed E-state index contributed by atoms with van der Waals surface area (Å²) in [6.07, 6.45) is 3.97. The van der Waals surface area contributed by atoms with Gasteiger partial charge in [-0.25, -0.2) is 13.1 Å². The summed E-state index contributed by atoms with van der Waals surface area (Å²) in [5, 5.41) is 6.38. The molecule has 0 atom stereocenters. The van der Waals surface area contributed by atoms with E-state index in [1.54, 1.807) is 24.5 Å². The maximum atomic E-state index is 12.1. The van der Waals surface area contributed by atoms with Gasteiger partial charge in [-0.05, 0) is 24.1 Å². The van der Waals surface area contributed by atoms with E-state index in [0.717, 1.165) is 17.5 Å². The van der Waals surface area contributed by atoms with Crippen LogP contribution in [0.2, 0.25) is 0 Å². The lowest BCUT2D eigenvalue weighted by atomic mass is 10.1. The standard InChI is InChI=1S/C12H16N4O2S/c1-2-10-3-4-11(5-12(10)13)19(17,18)16-8-9-6-14-15-7-9/h3-7,16H,2,8,13H2,1H3,(H,14,15). The molecule has 0 saturated carbocycles. The number of nitrogen functional groups attached to an aromatic ring is 1. The van der Waals surface area contributed by atoms with Crippen molar-refractivity contribution in [3.63, 3.8) is 0 Å². The van der Waals surface area contributed by atoms with Gasteiger partial charge in [0.05, 0.1) is 11.1 Å². The second-order valence-electron chi connectivity index (χ2n) is 4.15. The molecule has 19 heavy (non-hydrogen) atoms. The van der Waals surface area contributed by atoms with E-state index < -0.39 is 10.0 Å². The van der Waals surface area contributed by atoms with E-state index >= 15 is 0 Å². The Labute approximate surface area is 112 Å². The quantitative estimate of drug-likeness (QED) is 0.712. The lowest BCUT2D eigenvalue weighted by Crippen LogP contribution is -2.23. The molecule has 6 nitrogen and oxygen atoms in total. The fourth-order valence-electron chi connectivity index (χ4n) is 1.70. The van der Waals surface area contributed by atoms with Gasteiger partial charge >= 0.3 is 0 Å². The lowest BCUT2D eigenvalue weighted by Gasteiger charge is -2.08. The minimum Gasteiger partial charge on any atom is -0.398 e. The van der Waals surface area contributed by atoms with Crippen LogP contribution >= 0.6 is 0 Å². The predicted octanol–water partition coefficient (Wildman–Crippen LogP) is 1.03. The largest absolute Gasteiger partial charge is 0.398 e. The molecule has 0 amide bonds.